The Labute approximate surface area is 107 Å². The lowest BCUT2D eigenvalue weighted by atomic mass is 9.80. The maximum absolute atomic E-state index is 6.50. The van der Waals surface area contributed by atoms with Gasteiger partial charge in [0.25, 0.3) is 0 Å². The lowest BCUT2D eigenvalue weighted by Gasteiger charge is -2.35. The topological polar surface area (TPSA) is 29.3 Å². The Bertz CT molecular complexity index is 231. The predicted molar refractivity (Wildman–Crippen MR) is 74.0 cm³/mol. The number of rotatable bonds is 4. The number of nitrogens with zero attached hydrogens (tertiary/aromatic N) is 1. The third-order valence-corrected chi connectivity index (χ3v) is 5.03. The molecule has 0 bridgehead atoms. The highest BCUT2D eigenvalue weighted by molar-refractivity contribution is 4.89. The van der Waals surface area contributed by atoms with Crippen LogP contribution in [-0.4, -0.2) is 30.1 Å². The number of likely N-dealkylation sites (tertiary alicyclic amines) is 1. The van der Waals surface area contributed by atoms with Crippen LogP contribution in [0.1, 0.15) is 58.8 Å². The van der Waals surface area contributed by atoms with Crippen LogP contribution in [0, 0.1) is 11.8 Å². The minimum absolute atomic E-state index is 0.175. The third kappa shape index (κ3) is 3.69. The molecule has 2 N–H and O–H groups in total. The van der Waals surface area contributed by atoms with Crippen molar-refractivity contribution in [2.45, 2.75) is 64.3 Å². The number of hydrogen-bond acceptors (Lipinski definition) is 2. The summed E-state index contributed by atoms with van der Waals surface area (Å²) in [4.78, 5) is 2.65. The molecule has 100 valence electrons. The van der Waals surface area contributed by atoms with Crippen molar-refractivity contribution in [3.8, 4) is 0 Å². The fraction of sp³-hybridized carbons (Fsp3) is 1.00. The maximum Gasteiger partial charge on any atom is 0.0166 e. The fourth-order valence-electron chi connectivity index (χ4n) is 3.50. The van der Waals surface area contributed by atoms with Crippen LogP contribution in [0.2, 0.25) is 0 Å². The Morgan fingerprint density at radius 3 is 2.53 bits per heavy atom. The Kier molecular flexibility index (Phi) is 4.48. The van der Waals surface area contributed by atoms with E-state index < -0.39 is 0 Å². The van der Waals surface area contributed by atoms with Crippen molar-refractivity contribution in [2.24, 2.45) is 17.6 Å². The van der Waals surface area contributed by atoms with Gasteiger partial charge in [0.1, 0.15) is 0 Å². The van der Waals surface area contributed by atoms with Gasteiger partial charge in [0.2, 0.25) is 0 Å². The van der Waals surface area contributed by atoms with Gasteiger partial charge in [-0.3, -0.25) is 0 Å². The molecule has 17 heavy (non-hydrogen) atoms. The molecule has 1 saturated heterocycles. The van der Waals surface area contributed by atoms with Gasteiger partial charge in [-0.2, -0.15) is 0 Å². The number of hydrogen-bond donors (Lipinski definition) is 1. The molecular formula is C15H30N2. The molecule has 2 aliphatic rings. The smallest absolute Gasteiger partial charge is 0.0166 e. The van der Waals surface area contributed by atoms with Gasteiger partial charge in [-0.25, -0.2) is 0 Å². The summed E-state index contributed by atoms with van der Waals surface area (Å²) in [5, 5.41) is 0. The molecular weight excluding hydrogens is 208 g/mol. The summed E-state index contributed by atoms with van der Waals surface area (Å²) in [6.45, 7) is 8.58. The first kappa shape index (κ1) is 13.4. The van der Waals surface area contributed by atoms with Crippen LogP contribution in [0.15, 0.2) is 0 Å². The van der Waals surface area contributed by atoms with Gasteiger partial charge in [-0.15, -0.1) is 0 Å². The molecule has 0 aromatic rings. The van der Waals surface area contributed by atoms with E-state index in [1.54, 1.807) is 0 Å². The molecule has 1 saturated carbocycles. The van der Waals surface area contributed by atoms with E-state index in [9.17, 15) is 0 Å². The van der Waals surface area contributed by atoms with E-state index in [0.29, 0.717) is 0 Å². The molecule has 0 amide bonds. The third-order valence-electron chi connectivity index (χ3n) is 5.03. The van der Waals surface area contributed by atoms with Crippen molar-refractivity contribution in [1.82, 2.24) is 4.90 Å². The minimum Gasteiger partial charge on any atom is -0.325 e. The Hall–Kier alpha value is -0.0800. The molecule has 0 aromatic heterocycles. The van der Waals surface area contributed by atoms with Crippen LogP contribution in [0.5, 0.6) is 0 Å². The first-order valence-electron chi connectivity index (χ1n) is 7.60. The predicted octanol–water partition coefficient (Wildman–Crippen LogP) is 3.02. The van der Waals surface area contributed by atoms with Crippen LogP contribution >= 0.6 is 0 Å². The van der Waals surface area contributed by atoms with Gasteiger partial charge in [0.15, 0.2) is 0 Å². The highest BCUT2D eigenvalue weighted by Gasteiger charge is 2.30. The van der Waals surface area contributed by atoms with Crippen molar-refractivity contribution >= 4 is 0 Å². The molecule has 2 rings (SSSR count). The molecule has 0 spiro atoms. The molecule has 1 unspecified atom stereocenters. The largest absolute Gasteiger partial charge is 0.325 e. The van der Waals surface area contributed by atoms with Crippen molar-refractivity contribution < 1.29 is 0 Å². The van der Waals surface area contributed by atoms with Crippen LogP contribution in [-0.2, 0) is 0 Å². The normalized spacial score (nSPS) is 30.0. The van der Waals surface area contributed by atoms with Crippen LogP contribution in [0.25, 0.3) is 0 Å². The van der Waals surface area contributed by atoms with Gasteiger partial charge >= 0.3 is 0 Å². The zero-order valence-corrected chi connectivity index (χ0v) is 11.8. The second-order valence-corrected chi connectivity index (χ2v) is 6.77. The quantitative estimate of drug-likeness (QED) is 0.816. The Morgan fingerprint density at radius 2 is 1.94 bits per heavy atom. The summed E-state index contributed by atoms with van der Waals surface area (Å²) in [5.74, 6) is 1.77. The first-order chi connectivity index (χ1) is 8.09. The van der Waals surface area contributed by atoms with Crippen molar-refractivity contribution in [2.75, 3.05) is 19.6 Å². The van der Waals surface area contributed by atoms with Gasteiger partial charge in [-0.1, -0.05) is 33.1 Å². The average Bonchev–Trinajstić information content (AvgIpc) is 2.76. The van der Waals surface area contributed by atoms with E-state index in [2.05, 4.69) is 18.7 Å². The lowest BCUT2D eigenvalue weighted by molar-refractivity contribution is 0.223. The van der Waals surface area contributed by atoms with Crippen LogP contribution < -0.4 is 5.73 Å². The molecule has 1 aliphatic carbocycles. The van der Waals surface area contributed by atoms with E-state index in [4.69, 9.17) is 5.73 Å². The van der Waals surface area contributed by atoms with E-state index in [1.165, 1.54) is 64.6 Å². The first-order valence-corrected chi connectivity index (χ1v) is 7.60. The van der Waals surface area contributed by atoms with E-state index in [-0.39, 0.29) is 5.54 Å². The second-order valence-electron chi connectivity index (χ2n) is 6.77. The monoisotopic (exact) mass is 238 g/mol. The molecule has 0 radical (unpaired) electrons. The summed E-state index contributed by atoms with van der Waals surface area (Å²) >= 11 is 0. The van der Waals surface area contributed by atoms with Crippen molar-refractivity contribution in [1.29, 1.82) is 0 Å². The van der Waals surface area contributed by atoms with Crippen molar-refractivity contribution in [3.63, 3.8) is 0 Å². The van der Waals surface area contributed by atoms with Crippen LogP contribution in [0.4, 0.5) is 0 Å². The SMILES string of the molecule is CC(C)C1CCN(CCC2(N)CCCCC2)C1. The van der Waals surface area contributed by atoms with Gasteiger partial charge < -0.3 is 10.6 Å². The molecule has 1 aliphatic heterocycles. The highest BCUT2D eigenvalue weighted by atomic mass is 15.1. The summed E-state index contributed by atoms with van der Waals surface area (Å²) in [5.41, 5.74) is 6.68. The van der Waals surface area contributed by atoms with E-state index in [0.717, 1.165) is 11.8 Å². The van der Waals surface area contributed by atoms with E-state index >= 15 is 0 Å². The zero-order valence-electron chi connectivity index (χ0n) is 11.8. The second kappa shape index (κ2) is 5.71. The maximum atomic E-state index is 6.50. The summed E-state index contributed by atoms with van der Waals surface area (Å²) in [6.07, 6.45) is 9.24. The summed E-state index contributed by atoms with van der Waals surface area (Å²) in [7, 11) is 0. The Balaban J connectivity index is 1.72. The molecule has 2 heteroatoms. The van der Waals surface area contributed by atoms with Gasteiger partial charge in [-0.05, 0) is 50.6 Å². The summed E-state index contributed by atoms with van der Waals surface area (Å²) < 4.78 is 0. The standard InChI is InChI=1S/C15H30N2/c1-13(2)14-6-10-17(12-14)11-9-15(16)7-4-3-5-8-15/h13-14H,3-12,16H2,1-2H3. The van der Waals surface area contributed by atoms with E-state index in [1.807, 2.05) is 0 Å². The minimum atomic E-state index is 0.175. The zero-order chi connectivity index (χ0) is 12.3. The van der Waals surface area contributed by atoms with Crippen molar-refractivity contribution in [3.05, 3.63) is 0 Å². The lowest BCUT2D eigenvalue weighted by Crippen LogP contribution is -2.44. The Morgan fingerprint density at radius 1 is 1.24 bits per heavy atom. The molecule has 1 heterocycles. The van der Waals surface area contributed by atoms with Crippen LogP contribution in [0.3, 0.4) is 0 Å². The molecule has 2 nitrogen and oxygen atoms in total. The molecule has 0 aromatic carbocycles. The highest BCUT2D eigenvalue weighted by Crippen LogP contribution is 2.30. The van der Waals surface area contributed by atoms with Gasteiger partial charge in [0, 0.05) is 12.1 Å². The fourth-order valence-corrected chi connectivity index (χ4v) is 3.50. The molecule has 2 fully saturated rings. The van der Waals surface area contributed by atoms with Gasteiger partial charge in [0.05, 0.1) is 0 Å². The summed E-state index contributed by atoms with van der Waals surface area (Å²) in [6, 6.07) is 0. The molecule has 1 atom stereocenters. The number of nitrogens with two attached hydrogens (primary N) is 1. The average molecular weight is 238 g/mol.